The van der Waals surface area contributed by atoms with Gasteiger partial charge in [-0.1, -0.05) is 24.3 Å². The summed E-state index contributed by atoms with van der Waals surface area (Å²) in [4.78, 5) is 4.39. The van der Waals surface area contributed by atoms with Crippen molar-refractivity contribution in [1.29, 1.82) is 0 Å². The Labute approximate surface area is 123 Å². The third kappa shape index (κ3) is 2.18. The molecule has 21 heavy (non-hydrogen) atoms. The van der Waals surface area contributed by atoms with Crippen LogP contribution in [0.5, 0.6) is 0 Å². The average molecular weight is 276 g/mol. The normalized spacial score (nSPS) is 16.3. The van der Waals surface area contributed by atoms with Crippen molar-refractivity contribution in [3.05, 3.63) is 66.0 Å². The number of fused-ring (bicyclic) bond motifs is 1. The molecule has 0 fully saturated rings. The summed E-state index contributed by atoms with van der Waals surface area (Å²) in [5.41, 5.74) is 10.4. The van der Waals surface area contributed by atoms with Crippen LogP contribution in [0, 0.1) is 0 Å². The second kappa shape index (κ2) is 4.74. The van der Waals surface area contributed by atoms with Crippen molar-refractivity contribution in [1.82, 2.24) is 14.8 Å². The number of rotatable bonds is 3. The van der Waals surface area contributed by atoms with E-state index in [2.05, 4.69) is 34.3 Å². The van der Waals surface area contributed by atoms with Gasteiger partial charge in [-0.3, -0.25) is 4.68 Å². The molecule has 1 aliphatic rings. The highest BCUT2D eigenvalue weighted by atomic mass is 15.3. The van der Waals surface area contributed by atoms with E-state index in [0.717, 1.165) is 30.0 Å². The zero-order valence-electron chi connectivity index (χ0n) is 11.6. The van der Waals surface area contributed by atoms with E-state index < -0.39 is 0 Å². The maximum absolute atomic E-state index is 5.70. The van der Waals surface area contributed by atoms with Gasteiger partial charge in [-0.25, -0.2) is 4.98 Å². The molecule has 1 atom stereocenters. The number of aromatic nitrogens is 3. The van der Waals surface area contributed by atoms with Gasteiger partial charge in [-0.2, -0.15) is 5.10 Å². The summed E-state index contributed by atoms with van der Waals surface area (Å²) in [6.07, 6.45) is 2.94. The van der Waals surface area contributed by atoms with Crippen LogP contribution in [0.2, 0.25) is 0 Å². The Balaban J connectivity index is 1.52. The third-order valence-corrected chi connectivity index (χ3v) is 4.07. The molecule has 104 valence electrons. The molecule has 0 radical (unpaired) electrons. The van der Waals surface area contributed by atoms with E-state index in [1.54, 1.807) is 0 Å². The molecular weight excluding hydrogens is 260 g/mol. The highest BCUT2D eigenvalue weighted by Crippen LogP contribution is 2.35. The van der Waals surface area contributed by atoms with Gasteiger partial charge in [0.25, 0.3) is 0 Å². The van der Waals surface area contributed by atoms with Gasteiger partial charge in [-0.05, 0) is 41.8 Å². The average Bonchev–Trinajstić information content (AvgIpc) is 2.94. The Morgan fingerprint density at radius 3 is 2.71 bits per heavy atom. The maximum Gasteiger partial charge on any atom is 0.181 e. The van der Waals surface area contributed by atoms with Crippen molar-refractivity contribution in [2.45, 2.75) is 18.9 Å². The van der Waals surface area contributed by atoms with Crippen LogP contribution in [0.3, 0.4) is 0 Å². The van der Waals surface area contributed by atoms with Crippen LogP contribution in [0.1, 0.15) is 17.0 Å². The van der Waals surface area contributed by atoms with Gasteiger partial charge in [-0.15, -0.1) is 0 Å². The second-order valence-corrected chi connectivity index (χ2v) is 5.51. The highest BCUT2D eigenvalue weighted by Gasteiger charge is 2.25. The molecule has 1 aliphatic carbocycles. The summed E-state index contributed by atoms with van der Waals surface area (Å²) in [5.74, 6) is 1.31. The minimum absolute atomic E-state index is 0.558. The van der Waals surface area contributed by atoms with Gasteiger partial charge >= 0.3 is 0 Å². The molecule has 4 nitrogen and oxygen atoms in total. The standard InChI is InChI=1S/C17H16N4/c18-15-7-5-12(6-8-15)17-19-11-21(20-17)10-14-9-13-3-1-2-4-16(13)14/h1-8,11,14H,9-10,18H2. The van der Waals surface area contributed by atoms with Gasteiger partial charge < -0.3 is 5.73 Å². The largest absolute Gasteiger partial charge is 0.399 e. The van der Waals surface area contributed by atoms with Crippen LogP contribution in [0.15, 0.2) is 54.9 Å². The number of anilines is 1. The summed E-state index contributed by atoms with van der Waals surface area (Å²) in [5, 5.41) is 4.57. The summed E-state index contributed by atoms with van der Waals surface area (Å²) in [6, 6.07) is 16.3. The lowest BCUT2D eigenvalue weighted by Crippen LogP contribution is -2.22. The van der Waals surface area contributed by atoms with Crippen molar-refractivity contribution in [3.63, 3.8) is 0 Å². The number of hydrogen-bond donors (Lipinski definition) is 1. The van der Waals surface area contributed by atoms with Crippen molar-refractivity contribution < 1.29 is 0 Å². The van der Waals surface area contributed by atoms with E-state index >= 15 is 0 Å². The molecule has 0 saturated carbocycles. The van der Waals surface area contributed by atoms with Gasteiger partial charge in [0.15, 0.2) is 5.82 Å². The first-order valence-corrected chi connectivity index (χ1v) is 7.13. The lowest BCUT2D eigenvalue weighted by molar-refractivity contribution is 0.475. The minimum atomic E-state index is 0.558. The Morgan fingerprint density at radius 1 is 1.10 bits per heavy atom. The molecule has 1 unspecified atom stereocenters. The number of nitrogens with two attached hydrogens (primary N) is 1. The van der Waals surface area contributed by atoms with E-state index in [1.807, 2.05) is 35.3 Å². The third-order valence-electron chi connectivity index (χ3n) is 4.07. The molecule has 4 heteroatoms. The van der Waals surface area contributed by atoms with Crippen LogP contribution in [-0.4, -0.2) is 14.8 Å². The molecule has 2 N–H and O–H groups in total. The lowest BCUT2D eigenvalue weighted by Gasteiger charge is -2.29. The molecular formula is C17H16N4. The Morgan fingerprint density at radius 2 is 1.90 bits per heavy atom. The topological polar surface area (TPSA) is 56.7 Å². The first kappa shape index (κ1) is 12.1. The fourth-order valence-electron chi connectivity index (χ4n) is 2.90. The number of nitrogen functional groups attached to an aromatic ring is 1. The fourth-order valence-corrected chi connectivity index (χ4v) is 2.90. The fraction of sp³-hybridized carbons (Fsp3) is 0.176. The van der Waals surface area contributed by atoms with E-state index in [0.29, 0.717) is 5.92 Å². The Kier molecular flexibility index (Phi) is 2.74. The molecule has 4 rings (SSSR count). The molecule has 2 aromatic carbocycles. The lowest BCUT2D eigenvalue weighted by atomic mass is 9.78. The predicted octanol–water partition coefficient (Wildman–Crippen LogP) is 2.87. The van der Waals surface area contributed by atoms with Crippen LogP contribution in [0.25, 0.3) is 11.4 Å². The SMILES string of the molecule is Nc1ccc(-c2ncn(CC3Cc4ccccc43)n2)cc1. The van der Waals surface area contributed by atoms with Gasteiger partial charge in [0.05, 0.1) is 0 Å². The van der Waals surface area contributed by atoms with Crippen molar-refractivity contribution in [3.8, 4) is 11.4 Å². The second-order valence-electron chi connectivity index (χ2n) is 5.51. The van der Waals surface area contributed by atoms with Crippen LogP contribution < -0.4 is 5.73 Å². The number of hydrogen-bond acceptors (Lipinski definition) is 3. The summed E-state index contributed by atoms with van der Waals surface area (Å²) in [7, 11) is 0. The molecule has 0 amide bonds. The van der Waals surface area contributed by atoms with Crippen molar-refractivity contribution in [2.24, 2.45) is 0 Å². The maximum atomic E-state index is 5.70. The monoisotopic (exact) mass is 276 g/mol. The molecule has 1 heterocycles. The molecule has 0 bridgehead atoms. The summed E-state index contributed by atoms with van der Waals surface area (Å²) < 4.78 is 1.94. The van der Waals surface area contributed by atoms with E-state index in [9.17, 15) is 0 Å². The Bertz CT molecular complexity index is 773. The summed E-state index contributed by atoms with van der Waals surface area (Å²) in [6.45, 7) is 0.888. The van der Waals surface area contributed by atoms with Crippen LogP contribution in [-0.2, 0) is 13.0 Å². The predicted molar refractivity (Wildman–Crippen MR) is 82.8 cm³/mol. The van der Waals surface area contributed by atoms with Gasteiger partial charge in [0.2, 0.25) is 0 Å². The Hall–Kier alpha value is -2.62. The zero-order chi connectivity index (χ0) is 14.2. The van der Waals surface area contributed by atoms with E-state index in [4.69, 9.17) is 5.73 Å². The van der Waals surface area contributed by atoms with Crippen LogP contribution in [0.4, 0.5) is 5.69 Å². The first-order chi connectivity index (χ1) is 10.3. The molecule has 0 saturated heterocycles. The van der Waals surface area contributed by atoms with Crippen LogP contribution >= 0.6 is 0 Å². The van der Waals surface area contributed by atoms with E-state index in [-0.39, 0.29) is 0 Å². The minimum Gasteiger partial charge on any atom is -0.399 e. The first-order valence-electron chi connectivity index (χ1n) is 7.13. The van der Waals surface area contributed by atoms with Gasteiger partial charge in [0.1, 0.15) is 6.33 Å². The molecule has 0 spiro atoms. The molecule has 3 aromatic rings. The molecule has 1 aromatic heterocycles. The molecule has 0 aliphatic heterocycles. The van der Waals surface area contributed by atoms with Crippen molar-refractivity contribution >= 4 is 5.69 Å². The zero-order valence-corrected chi connectivity index (χ0v) is 11.6. The van der Waals surface area contributed by atoms with Gasteiger partial charge in [0, 0.05) is 23.7 Å². The van der Waals surface area contributed by atoms with E-state index in [1.165, 1.54) is 11.1 Å². The smallest absolute Gasteiger partial charge is 0.181 e. The quantitative estimate of drug-likeness (QED) is 0.748. The van der Waals surface area contributed by atoms with Crippen molar-refractivity contribution in [2.75, 3.05) is 5.73 Å². The summed E-state index contributed by atoms with van der Waals surface area (Å²) >= 11 is 0. The number of benzene rings is 2. The number of nitrogens with zero attached hydrogens (tertiary/aromatic N) is 3. The highest BCUT2D eigenvalue weighted by molar-refractivity contribution is 5.58.